The Hall–Kier alpha value is -1.17. The van der Waals surface area contributed by atoms with Gasteiger partial charge in [-0.15, -0.1) is 0 Å². The molecule has 0 fully saturated rings. The summed E-state index contributed by atoms with van der Waals surface area (Å²) in [5.41, 5.74) is 1.72. The molecule has 0 saturated carbocycles. The van der Waals surface area contributed by atoms with Crippen LogP contribution < -0.4 is 5.32 Å². The van der Waals surface area contributed by atoms with Crippen molar-refractivity contribution in [2.75, 3.05) is 13.7 Å². The average molecular weight is 340 g/mol. The van der Waals surface area contributed by atoms with Crippen molar-refractivity contribution in [1.29, 1.82) is 0 Å². The number of ether oxygens (including phenoxy) is 1. The Bertz CT molecular complexity index is 542. The van der Waals surface area contributed by atoms with E-state index in [1.165, 1.54) is 0 Å². The molecule has 0 aliphatic heterocycles. The van der Waals surface area contributed by atoms with Crippen LogP contribution in [0.4, 0.5) is 0 Å². The molecule has 0 unspecified atom stereocenters. The molecule has 1 atom stereocenters. The first-order chi connectivity index (χ1) is 9.20. The number of hydrogen-bond donors (Lipinski definition) is 1. The van der Waals surface area contributed by atoms with E-state index in [0.29, 0.717) is 12.1 Å². The number of carbonyl (C=O) groups excluding carboxylic acids is 1. The van der Waals surface area contributed by atoms with Crippen LogP contribution in [0.25, 0.3) is 0 Å². The second kappa shape index (κ2) is 6.84. The molecule has 0 aliphatic carbocycles. The molecular formula is C14H14BrNO2S. The van der Waals surface area contributed by atoms with Gasteiger partial charge in [0.25, 0.3) is 5.91 Å². The number of methoxy groups -OCH3 is 1. The second-order valence-electron chi connectivity index (χ2n) is 4.00. The zero-order chi connectivity index (χ0) is 13.7. The molecule has 1 heterocycles. The highest BCUT2D eigenvalue weighted by atomic mass is 79.9. The summed E-state index contributed by atoms with van der Waals surface area (Å²) in [5.74, 6) is -0.0985. The lowest BCUT2D eigenvalue weighted by atomic mass is 10.2. The van der Waals surface area contributed by atoms with E-state index in [0.717, 1.165) is 10.0 Å². The number of halogens is 1. The highest BCUT2D eigenvalue weighted by Crippen LogP contribution is 2.19. The van der Waals surface area contributed by atoms with Gasteiger partial charge in [0.15, 0.2) is 0 Å². The molecule has 1 aromatic heterocycles. The molecule has 2 aromatic rings. The third-order valence-corrected chi connectivity index (χ3v) is 3.93. The highest BCUT2D eigenvalue weighted by Gasteiger charge is 2.13. The lowest BCUT2D eigenvalue weighted by Crippen LogP contribution is -2.28. The van der Waals surface area contributed by atoms with Gasteiger partial charge in [0.05, 0.1) is 0 Å². The smallest absolute Gasteiger partial charge is 0.251 e. The molecule has 0 spiro atoms. The minimum absolute atomic E-state index is 0.0985. The van der Waals surface area contributed by atoms with E-state index in [-0.39, 0.29) is 12.0 Å². The summed E-state index contributed by atoms with van der Waals surface area (Å²) in [5, 5.41) is 6.91. The van der Waals surface area contributed by atoms with Crippen LogP contribution in [0.2, 0.25) is 0 Å². The number of benzene rings is 1. The van der Waals surface area contributed by atoms with Crippen LogP contribution in [0.15, 0.2) is 45.6 Å². The molecule has 100 valence electrons. The van der Waals surface area contributed by atoms with Gasteiger partial charge in [-0.25, -0.2) is 0 Å². The zero-order valence-electron chi connectivity index (χ0n) is 10.4. The Morgan fingerprint density at radius 2 is 2.32 bits per heavy atom. The van der Waals surface area contributed by atoms with Crippen molar-refractivity contribution in [2.24, 2.45) is 0 Å². The number of amides is 1. The zero-order valence-corrected chi connectivity index (χ0v) is 12.8. The summed E-state index contributed by atoms with van der Waals surface area (Å²) in [6, 6.07) is 9.31. The Labute approximate surface area is 124 Å². The molecule has 0 radical (unpaired) electrons. The first-order valence-corrected chi connectivity index (χ1v) is 7.53. The van der Waals surface area contributed by atoms with Crippen molar-refractivity contribution in [1.82, 2.24) is 5.32 Å². The van der Waals surface area contributed by atoms with Crippen molar-refractivity contribution >= 4 is 33.2 Å². The Morgan fingerprint density at radius 1 is 1.47 bits per heavy atom. The van der Waals surface area contributed by atoms with E-state index in [1.807, 2.05) is 29.0 Å². The lowest BCUT2D eigenvalue weighted by Gasteiger charge is -2.15. The molecule has 0 saturated heterocycles. The summed E-state index contributed by atoms with van der Waals surface area (Å²) < 4.78 is 6.28. The SMILES string of the molecule is CO[C@H](CNC(=O)c1cccc(Br)c1)c1ccsc1. The molecule has 19 heavy (non-hydrogen) atoms. The maximum Gasteiger partial charge on any atom is 0.251 e. The van der Waals surface area contributed by atoms with Crippen molar-refractivity contribution in [2.45, 2.75) is 6.10 Å². The van der Waals surface area contributed by atoms with Crippen LogP contribution >= 0.6 is 27.3 Å². The predicted molar refractivity (Wildman–Crippen MR) is 80.5 cm³/mol. The van der Waals surface area contributed by atoms with Gasteiger partial charge in [-0.05, 0) is 40.6 Å². The molecule has 0 bridgehead atoms. The first kappa shape index (κ1) is 14.2. The third-order valence-electron chi connectivity index (χ3n) is 2.73. The van der Waals surface area contributed by atoms with Gasteiger partial charge < -0.3 is 10.1 Å². The van der Waals surface area contributed by atoms with Crippen LogP contribution in [-0.4, -0.2) is 19.6 Å². The van der Waals surface area contributed by atoms with E-state index in [1.54, 1.807) is 30.6 Å². The van der Waals surface area contributed by atoms with E-state index in [2.05, 4.69) is 21.2 Å². The van der Waals surface area contributed by atoms with Gasteiger partial charge in [-0.2, -0.15) is 11.3 Å². The van der Waals surface area contributed by atoms with Crippen LogP contribution in [0, 0.1) is 0 Å². The molecule has 1 amide bonds. The van der Waals surface area contributed by atoms with Gasteiger partial charge in [0.1, 0.15) is 6.10 Å². The summed E-state index contributed by atoms with van der Waals surface area (Å²) in [6.45, 7) is 0.457. The molecule has 0 aliphatic rings. The molecule has 1 N–H and O–H groups in total. The third kappa shape index (κ3) is 3.89. The quantitative estimate of drug-likeness (QED) is 0.903. The summed E-state index contributed by atoms with van der Waals surface area (Å²) in [4.78, 5) is 12.0. The van der Waals surface area contributed by atoms with Gasteiger partial charge in [-0.1, -0.05) is 22.0 Å². The number of hydrogen-bond acceptors (Lipinski definition) is 3. The molecule has 2 rings (SSSR count). The van der Waals surface area contributed by atoms with E-state index >= 15 is 0 Å². The van der Waals surface area contributed by atoms with Crippen LogP contribution in [0.1, 0.15) is 22.0 Å². The second-order valence-corrected chi connectivity index (χ2v) is 5.70. The highest BCUT2D eigenvalue weighted by molar-refractivity contribution is 9.10. The van der Waals surface area contributed by atoms with E-state index < -0.39 is 0 Å². The predicted octanol–water partition coefficient (Wildman–Crippen LogP) is 3.63. The number of thiophene rings is 1. The summed E-state index contributed by atoms with van der Waals surface area (Å²) >= 11 is 4.97. The van der Waals surface area contributed by atoms with E-state index in [9.17, 15) is 4.79 Å². The van der Waals surface area contributed by atoms with Crippen molar-refractivity contribution < 1.29 is 9.53 Å². The van der Waals surface area contributed by atoms with E-state index in [4.69, 9.17) is 4.74 Å². The number of rotatable bonds is 5. The maximum absolute atomic E-state index is 12.0. The number of carbonyl (C=O) groups is 1. The lowest BCUT2D eigenvalue weighted by molar-refractivity contribution is 0.0829. The average Bonchev–Trinajstić information content (AvgIpc) is 2.93. The van der Waals surface area contributed by atoms with Gasteiger partial charge in [-0.3, -0.25) is 4.79 Å². The minimum atomic E-state index is -0.109. The van der Waals surface area contributed by atoms with Crippen LogP contribution in [0.3, 0.4) is 0 Å². The van der Waals surface area contributed by atoms with Crippen LogP contribution in [-0.2, 0) is 4.74 Å². The Kier molecular flexibility index (Phi) is 5.13. The first-order valence-electron chi connectivity index (χ1n) is 5.79. The van der Waals surface area contributed by atoms with Gasteiger partial charge >= 0.3 is 0 Å². The Morgan fingerprint density at radius 3 is 2.95 bits per heavy atom. The minimum Gasteiger partial charge on any atom is -0.375 e. The molecular weight excluding hydrogens is 326 g/mol. The molecule has 1 aromatic carbocycles. The van der Waals surface area contributed by atoms with Crippen molar-refractivity contribution in [3.8, 4) is 0 Å². The largest absolute Gasteiger partial charge is 0.375 e. The van der Waals surface area contributed by atoms with Gasteiger partial charge in [0.2, 0.25) is 0 Å². The van der Waals surface area contributed by atoms with Crippen LogP contribution in [0.5, 0.6) is 0 Å². The fraction of sp³-hybridized carbons (Fsp3) is 0.214. The fourth-order valence-corrected chi connectivity index (χ4v) is 2.81. The fourth-order valence-electron chi connectivity index (χ4n) is 1.71. The Balaban J connectivity index is 1.96. The molecule has 5 heteroatoms. The maximum atomic E-state index is 12.0. The van der Waals surface area contributed by atoms with Gasteiger partial charge in [0, 0.05) is 23.7 Å². The monoisotopic (exact) mass is 339 g/mol. The number of nitrogens with one attached hydrogen (secondary N) is 1. The standard InChI is InChI=1S/C14H14BrNO2S/c1-18-13(11-5-6-19-9-11)8-16-14(17)10-3-2-4-12(15)7-10/h2-7,9,13H,8H2,1H3,(H,16,17)/t13-/m1/s1. The topological polar surface area (TPSA) is 38.3 Å². The molecule has 3 nitrogen and oxygen atoms in total. The summed E-state index contributed by atoms with van der Waals surface area (Å²) in [6.07, 6.45) is -0.109. The van der Waals surface area contributed by atoms with Crippen molar-refractivity contribution in [3.05, 3.63) is 56.7 Å². The van der Waals surface area contributed by atoms with Crippen molar-refractivity contribution in [3.63, 3.8) is 0 Å². The summed E-state index contributed by atoms with van der Waals surface area (Å²) in [7, 11) is 1.65. The normalized spacial score (nSPS) is 12.1.